The molecule has 0 amide bonds. The first-order valence-electron chi connectivity index (χ1n) is 4.23. The van der Waals surface area contributed by atoms with Crippen molar-refractivity contribution < 1.29 is 9.47 Å². The maximum atomic E-state index is 5.63. The highest BCUT2D eigenvalue weighted by atomic mass is 79.9. The van der Waals surface area contributed by atoms with Crippen molar-refractivity contribution in [3.05, 3.63) is 0 Å². The molecule has 0 bridgehead atoms. The van der Waals surface area contributed by atoms with Gasteiger partial charge in [0.1, 0.15) is 0 Å². The summed E-state index contributed by atoms with van der Waals surface area (Å²) in [6, 6.07) is 0. The molecule has 0 N–H and O–H groups in total. The molecular weight excluding hydrogens is 288 g/mol. The highest BCUT2D eigenvalue weighted by Crippen LogP contribution is 2.26. The van der Waals surface area contributed by atoms with E-state index in [1.165, 1.54) is 0 Å². The van der Waals surface area contributed by atoms with Gasteiger partial charge < -0.3 is 9.47 Å². The molecule has 1 heterocycles. The lowest BCUT2D eigenvalue weighted by atomic mass is 10.1. The van der Waals surface area contributed by atoms with E-state index in [1.54, 1.807) is 0 Å². The van der Waals surface area contributed by atoms with Crippen LogP contribution in [0.5, 0.6) is 0 Å². The van der Waals surface area contributed by atoms with E-state index < -0.39 is 0 Å². The molecule has 0 saturated carbocycles. The third-order valence-corrected chi connectivity index (χ3v) is 3.33. The average molecular weight is 302 g/mol. The highest BCUT2D eigenvalue weighted by Gasteiger charge is 2.32. The zero-order valence-electron chi connectivity index (χ0n) is 7.02. The fraction of sp³-hybridized carbons (Fsp3) is 1.00. The molecule has 1 saturated heterocycles. The Balaban J connectivity index is 2.37. The number of rotatable bonds is 4. The SMILES string of the molecule is BrCCCC1(CBr)OCCCO1. The summed E-state index contributed by atoms with van der Waals surface area (Å²) in [5, 5.41) is 1.78. The van der Waals surface area contributed by atoms with Crippen molar-refractivity contribution in [3.63, 3.8) is 0 Å². The third-order valence-electron chi connectivity index (χ3n) is 1.91. The van der Waals surface area contributed by atoms with Crippen molar-refractivity contribution in [1.29, 1.82) is 0 Å². The molecule has 12 heavy (non-hydrogen) atoms. The first-order chi connectivity index (χ1) is 5.83. The summed E-state index contributed by atoms with van der Waals surface area (Å²) in [6.45, 7) is 1.65. The quantitative estimate of drug-likeness (QED) is 0.743. The maximum absolute atomic E-state index is 5.63. The molecule has 72 valence electrons. The van der Waals surface area contributed by atoms with Crippen molar-refractivity contribution >= 4 is 31.9 Å². The van der Waals surface area contributed by atoms with Crippen LogP contribution in [-0.2, 0) is 9.47 Å². The van der Waals surface area contributed by atoms with E-state index in [0.717, 1.165) is 43.1 Å². The Morgan fingerprint density at radius 3 is 2.33 bits per heavy atom. The monoisotopic (exact) mass is 300 g/mol. The standard InChI is InChI=1S/C8H14Br2O2/c9-4-1-3-8(7-10)11-5-2-6-12-8/h1-7H2. The number of hydrogen-bond acceptors (Lipinski definition) is 2. The number of hydrogen-bond donors (Lipinski definition) is 0. The van der Waals surface area contributed by atoms with Gasteiger partial charge in [-0.15, -0.1) is 0 Å². The molecule has 0 spiro atoms. The molecule has 0 aromatic heterocycles. The van der Waals surface area contributed by atoms with Crippen LogP contribution in [-0.4, -0.2) is 29.7 Å². The lowest BCUT2D eigenvalue weighted by molar-refractivity contribution is -0.254. The molecule has 0 aliphatic carbocycles. The third kappa shape index (κ3) is 2.98. The Bertz CT molecular complexity index is 124. The van der Waals surface area contributed by atoms with Crippen molar-refractivity contribution in [1.82, 2.24) is 0 Å². The van der Waals surface area contributed by atoms with Crippen molar-refractivity contribution in [3.8, 4) is 0 Å². The second-order valence-electron chi connectivity index (χ2n) is 2.89. The molecule has 0 unspecified atom stereocenters. The molecule has 1 fully saturated rings. The fourth-order valence-corrected chi connectivity index (χ4v) is 2.13. The zero-order chi connectivity index (χ0) is 8.86. The minimum absolute atomic E-state index is 0.341. The van der Waals surface area contributed by atoms with Gasteiger partial charge in [0.25, 0.3) is 0 Å². The number of halogens is 2. The topological polar surface area (TPSA) is 18.5 Å². The van der Waals surface area contributed by atoms with E-state index in [9.17, 15) is 0 Å². The molecule has 4 heteroatoms. The van der Waals surface area contributed by atoms with E-state index in [-0.39, 0.29) is 5.79 Å². The molecule has 0 aromatic carbocycles. The van der Waals surface area contributed by atoms with E-state index in [2.05, 4.69) is 31.9 Å². The lowest BCUT2D eigenvalue weighted by Crippen LogP contribution is -2.42. The molecule has 0 aromatic rings. The molecule has 0 atom stereocenters. The molecule has 1 aliphatic heterocycles. The van der Waals surface area contributed by atoms with Gasteiger partial charge in [-0.2, -0.15) is 0 Å². The van der Waals surface area contributed by atoms with E-state index in [1.807, 2.05) is 0 Å². The van der Waals surface area contributed by atoms with Crippen molar-refractivity contribution in [2.75, 3.05) is 23.9 Å². The van der Waals surface area contributed by atoms with Crippen LogP contribution < -0.4 is 0 Å². The molecule has 1 rings (SSSR count). The van der Waals surface area contributed by atoms with Crippen LogP contribution in [0.25, 0.3) is 0 Å². The Morgan fingerprint density at radius 2 is 1.83 bits per heavy atom. The van der Waals surface area contributed by atoms with Crippen LogP contribution in [0.15, 0.2) is 0 Å². The highest BCUT2D eigenvalue weighted by molar-refractivity contribution is 9.09. The van der Waals surface area contributed by atoms with Crippen LogP contribution >= 0.6 is 31.9 Å². The van der Waals surface area contributed by atoms with E-state index in [0.29, 0.717) is 0 Å². The van der Waals surface area contributed by atoms with Gasteiger partial charge in [0.05, 0.1) is 18.5 Å². The van der Waals surface area contributed by atoms with Crippen LogP contribution in [0.3, 0.4) is 0 Å². The summed E-state index contributed by atoms with van der Waals surface area (Å²) in [6.07, 6.45) is 3.07. The normalized spacial score (nSPS) is 22.5. The summed E-state index contributed by atoms with van der Waals surface area (Å²) >= 11 is 6.84. The molecule has 2 nitrogen and oxygen atoms in total. The number of alkyl halides is 2. The van der Waals surface area contributed by atoms with Gasteiger partial charge in [-0.05, 0) is 12.8 Å². The minimum atomic E-state index is -0.341. The van der Waals surface area contributed by atoms with Gasteiger partial charge in [0, 0.05) is 11.8 Å². The van der Waals surface area contributed by atoms with Gasteiger partial charge in [-0.1, -0.05) is 31.9 Å². The van der Waals surface area contributed by atoms with Crippen molar-refractivity contribution in [2.24, 2.45) is 0 Å². The molecule has 1 aliphatic rings. The predicted molar refractivity (Wildman–Crippen MR) is 56.1 cm³/mol. The first-order valence-corrected chi connectivity index (χ1v) is 6.47. The Morgan fingerprint density at radius 1 is 1.17 bits per heavy atom. The Labute approximate surface area is 90.3 Å². The van der Waals surface area contributed by atoms with E-state index in [4.69, 9.17) is 9.47 Å². The summed E-state index contributed by atoms with van der Waals surface area (Å²) in [7, 11) is 0. The van der Waals surface area contributed by atoms with Crippen molar-refractivity contribution in [2.45, 2.75) is 25.0 Å². The Kier molecular flexibility index (Phi) is 5.09. The minimum Gasteiger partial charge on any atom is -0.349 e. The average Bonchev–Trinajstić information content (AvgIpc) is 2.16. The fourth-order valence-electron chi connectivity index (χ4n) is 1.24. The molecular formula is C8H14Br2O2. The smallest absolute Gasteiger partial charge is 0.177 e. The predicted octanol–water partition coefficient (Wildman–Crippen LogP) is 2.69. The Hall–Kier alpha value is 0.880. The molecule has 0 radical (unpaired) electrons. The van der Waals surface area contributed by atoms with Crippen LogP contribution in [0.1, 0.15) is 19.3 Å². The van der Waals surface area contributed by atoms with Gasteiger partial charge in [-0.25, -0.2) is 0 Å². The van der Waals surface area contributed by atoms with E-state index >= 15 is 0 Å². The van der Waals surface area contributed by atoms with Gasteiger partial charge in [0.2, 0.25) is 0 Å². The zero-order valence-corrected chi connectivity index (χ0v) is 10.2. The lowest BCUT2D eigenvalue weighted by Gasteiger charge is -2.35. The summed E-state index contributed by atoms with van der Waals surface area (Å²) in [5.74, 6) is -0.341. The summed E-state index contributed by atoms with van der Waals surface area (Å²) in [4.78, 5) is 0. The van der Waals surface area contributed by atoms with Crippen LogP contribution in [0, 0.1) is 0 Å². The van der Waals surface area contributed by atoms with Crippen LogP contribution in [0.4, 0.5) is 0 Å². The largest absolute Gasteiger partial charge is 0.349 e. The second-order valence-corrected chi connectivity index (χ2v) is 4.24. The summed E-state index contributed by atoms with van der Waals surface area (Å²) < 4.78 is 11.3. The van der Waals surface area contributed by atoms with Gasteiger partial charge in [0.15, 0.2) is 5.79 Å². The van der Waals surface area contributed by atoms with Crippen LogP contribution in [0.2, 0.25) is 0 Å². The first kappa shape index (κ1) is 11.0. The van der Waals surface area contributed by atoms with Gasteiger partial charge >= 0.3 is 0 Å². The summed E-state index contributed by atoms with van der Waals surface area (Å²) in [5.41, 5.74) is 0. The second kappa shape index (κ2) is 5.58. The van der Waals surface area contributed by atoms with Gasteiger partial charge in [-0.3, -0.25) is 0 Å². The number of ether oxygens (including phenoxy) is 2. The maximum Gasteiger partial charge on any atom is 0.177 e.